The van der Waals surface area contributed by atoms with Crippen molar-refractivity contribution in [2.24, 2.45) is 0 Å². The lowest BCUT2D eigenvalue weighted by Gasteiger charge is -2.36. The van der Waals surface area contributed by atoms with Gasteiger partial charge in [0, 0.05) is 17.5 Å². The van der Waals surface area contributed by atoms with E-state index in [1.165, 1.54) is 0 Å². The van der Waals surface area contributed by atoms with E-state index in [1.54, 1.807) is 10.3 Å². The first kappa shape index (κ1) is 20.0. The standard InChI is InChI=1S/C22H28N4O2S/c1-15-7-6-8-16(13-15)20(21(27)23-17-9-2-3-10-17)26(18-11-4-5-12-18)22(28)19-14-29-25-24-19/h6-8,13-14,17-18,20H,2-5,9-12H2,1H3,(H,23,27)/t20-/m1/s1. The highest BCUT2D eigenvalue weighted by molar-refractivity contribution is 7.03. The fourth-order valence-corrected chi connectivity index (χ4v) is 5.13. The number of aryl methyl sites for hydroxylation is 1. The molecule has 0 bridgehead atoms. The zero-order valence-electron chi connectivity index (χ0n) is 16.8. The minimum atomic E-state index is -0.646. The maximum absolute atomic E-state index is 13.5. The van der Waals surface area contributed by atoms with Gasteiger partial charge in [0.1, 0.15) is 6.04 Å². The molecule has 29 heavy (non-hydrogen) atoms. The summed E-state index contributed by atoms with van der Waals surface area (Å²) in [5.74, 6) is -0.273. The number of nitrogens with zero attached hydrogens (tertiary/aromatic N) is 3. The molecule has 2 amide bonds. The van der Waals surface area contributed by atoms with E-state index in [4.69, 9.17) is 0 Å². The summed E-state index contributed by atoms with van der Waals surface area (Å²) in [4.78, 5) is 28.8. The predicted octanol–water partition coefficient (Wildman–Crippen LogP) is 4.03. The van der Waals surface area contributed by atoms with Crippen molar-refractivity contribution in [3.63, 3.8) is 0 Å². The van der Waals surface area contributed by atoms with Crippen LogP contribution in [0.2, 0.25) is 0 Å². The van der Waals surface area contributed by atoms with Crippen molar-refractivity contribution in [3.8, 4) is 0 Å². The van der Waals surface area contributed by atoms with Crippen LogP contribution in [-0.2, 0) is 4.79 Å². The second-order valence-corrected chi connectivity index (χ2v) is 8.86. The smallest absolute Gasteiger partial charge is 0.276 e. The van der Waals surface area contributed by atoms with E-state index < -0.39 is 6.04 Å². The zero-order chi connectivity index (χ0) is 20.2. The van der Waals surface area contributed by atoms with Gasteiger partial charge in [-0.1, -0.05) is 60.0 Å². The third-order valence-corrected chi connectivity index (χ3v) is 6.62. The lowest BCUT2D eigenvalue weighted by molar-refractivity contribution is -0.127. The van der Waals surface area contributed by atoms with Gasteiger partial charge >= 0.3 is 0 Å². The molecule has 6 nitrogen and oxygen atoms in total. The predicted molar refractivity (Wildman–Crippen MR) is 113 cm³/mol. The number of carbonyl (C=O) groups excluding carboxylic acids is 2. The molecule has 2 saturated carbocycles. The van der Waals surface area contributed by atoms with Crippen LogP contribution >= 0.6 is 11.5 Å². The van der Waals surface area contributed by atoms with E-state index in [1.807, 2.05) is 31.2 Å². The number of hydrogen-bond acceptors (Lipinski definition) is 5. The van der Waals surface area contributed by atoms with Crippen molar-refractivity contribution >= 4 is 23.3 Å². The van der Waals surface area contributed by atoms with Crippen LogP contribution in [0.4, 0.5) is 0 Å². The molecule has 1 aromatic carbocycles. The van der Waals surface area contributed by atoms with E-state index in [2.05, 4.69) is 14.9 Å². The Labute approximate surface area is 175 Å². The number of benzene rings is 1. The van der Waals surface area contributed by atoms with Gasteiger partial charge < -0.3 is 10.2 Å². The van der Waals surface area contributed by atoms with Gasteiger partial charge in [0.15, 0.2) is 5.69 Å². The highest BCUT2D eigenvalue weighted by Gasteiger charge is 2.39. The Morgan fingerprint density at radius 1 is 1.14 bits per heavy atom. The maximum Gasteiger partial charge on any atom is 0.276 e. The number of nitrogens with one attached hydrogen (secondary N) is 1. The van der Waals surface area contributed by atoms with Crippen LogP contribution in [-0.4, -0.2) is 38.4 Å². The Bertz CT molecular complexity index is 842. The first-order valence-corrected chi connectivity index (χ1v) is 11.4. The molecule has 1 aromatic heterocycles. The van der Waals surface area contributed by atoms with Crippen LogP contribution in [0, 0.1) is 6.92 Å². The number of carbonyl (C=O) groups is 2. The van der Waals surface area contributed by atoms with Gasteiger partial charge in [0.05, 0.1) is 0 Å². The Kier molecular flexibility index (Phi) is 6.23. The van der Waals surface area contributed by atoms with E-state index >= 15 is 0 Å². The topological polar surface area (TPSA) is 75.2 Å². The number of aromatic nitrogens is 2. The normalized spacial score (nSPS) is 18.7. The fourth-order valence-electron chi connectivity index (χ4n) is 4.70. The minimum Gasteiger partial charge on any atom is -0.351 e. The summed E-state index contributed by atoms with van der Waals surface area (Å²) in [6.45, 7) is 2.02. The van der Waals surface area contributed by atoms with Crippen LogP contribution in [0.1, 0.15) is 79.0 Å². The summed E-state index contributed by atoms with van der Waals surface area (Å²) in [5, 5.41) is 8.92. The summed E-state index contributed by atoms with van der Waals surface area (Å²) in [6.07, 6.45) is 8.32. The van der Waals surface area contributed by atoms with Gasteiger partial charge in [0.25, 0.3) is 5.91 Å². The molecule has 0 aliphatic heterocycles. The largest absolute Gasteiger partial charge is 0.351 e. The first-order chi connectivity index (χ1) is 14.1. The Morgan fingerprint density at radius 3 is 2.52 bits per heavy atom. The third kappa shape index (κ3) is 4.50. The number of amides is 2. The Balaban J connectivity index is 1.72. The van der Waals surface area contributed by atoms with Crippen molar-refractivity contribution in [1.29, 1.82) is 0 Å². The molecular weight excluding hydrogens is 384 g/mol. The molecule has 0 radical (unpaired) electrons. The summed E-state index contributed by atoms with van der Waals surface area (Å²) < 4.78 is 3.87. The van der Waals surface area contributed by atoms with Crippen molar-refractivity contribution in [2.75, 3.05) is 0 Å². The second kappa shape index (κ2) is 9.03. The summed E-state index contributed by atoms with van der Waals surface area (Å²) in [6, 6.07) is 7.56. The van der Waals surface area contributed by atoms with Crippen molar-refractivity contribution < 1.29 is 9.59 Å². The van der Waals surface area contributed by atoms with E-state index in [9.17, 15) is 9.59 Å². The second-order valence-electron chi connectivity index (χ2n) is 8.25. The minimum absolute atomic E-state index is 0.0454. The number of hydrogen-bond donors (Lipinski definition) is 1. The Hall–Kier alpha value is -2.28. The van der Waals surface area contributed by atoms with Gasteiger partial charge in [-0.3, -0.25) is 9.59 Å². The summed E-state index contributed by atoms with van der Waals surface area (Å²) in [5.41, 5.74) is 2.27. The highest BCUT2D eigenvalue weighted by atomic mass is 32.1. The average molecular weight is 413 g/mol. The molecule has 2 aliphatic carbocycles. The van der Waals surface area contributed by atoms with Crippen molar-refractivity contribution in [1.82, 2.24) is 19.8 Å². The van der Waals surface area contributed by atoms with Crippen LogP contribution in [0.3, 0.4) is 0 Å². The third-order valence-electron chi connectivity index (χ3n) is 6.12. The molecule has 0 spiro atoms. The quantitative estimate of drug-likeness (QED) is 0.777. The van der Waals surface area contributed by atoms with Crippen LogP contribution in [0.15, 0.2) is 29.6 Å². The van der Waals surface area contributed by atoms with E-state index in [0.717, 1.165) is 74.0 Å². The van der Waals surface area contributed by atoms with E-state index in [0.29, 0.717) is 5.69 Å². The zero-order valence-corrected chi connectivity index (χ0v) is 17.7. The maximum atomic E-state index is 13.5. The molecular formula is C22H28N4O2S. The molecule has 7 heteroatoms. The van der Waals surface area contributed by atoms with Crippen molar-refractivity contribution in [3.05, 3.63) is 46.5 Å². The van der Waals surface area contributed by atoms with Gasteiger partial charge in [-0.25, -0.2) is 0 Å². The molecule has 1 heterocycles. The molecule has 2 aromatic rings. The molecule has 4 rings (SSSR count). The Morgan fingerprint density at radius 2 is 1.86 bits per heavy atom. The number of rotatable bonds is 6. The molecule has 154 valence electrons. The fraction of sp³-hybridized carbons (Fsp3) is 0.545. The first-order valence-electron chi connectivity index (χ1n) is 10.6. The highest BCUT2D eigenvalue weighted by Crippen LogP contribution is 2.34. The lowest BCUT2D eigenvalue weighted by atomic mass is 9.98. The van der Waals surface area contributed by atoms with Gasteiger partial charge in [-0.2, -0.15) is 0 Å². The summed E-state index contributed by atoms with van der Waals surface area (Å²) in [7, 11) is 0. The van der Waals surface area contributed by atoms with Crippen molar-refractivity contribution in [2.45, 2.75) is 76.4 Å². The van der Waals surface area contributed by atoms with Crippen LogP contribution in [0.25, 0.3) is 0 Å². The SMILES string of the molecule is Cc1cccc([C@H](C(=O)NC2CCCC2)N(C(=O)c2csnn2)C2CCCC2)c1. The molecule has 2 aliphatic rings. The van der Waals surface area contributed by atoms with Gasteiger partial charge in [-0.15, -0.1) is 5.10 Å². The average Bonchev–Trinajstić information content (AvgIpc) is 3.49. The molecule has 0 unspecified atom stereocenters. The molecule has 0 saturated heterocycles. The van der Waals surface area contributed by atoms with Crippen LogP contribution in [0.5, 0.6) is 0 Å². The van der Waals surface area contributed by atoms with E-state index in [-0.39, 0.29) is 23.9 Å². The molecule has 1 atom stereocenters. The summed E-state index contributed by atoms with van der Waals surface area (Å²) >= 11 is 1.16. The molecule has 1 N–H and O–H groups in total. The van der Waals surface area contributed by atoms with Crippen LogP contribution < -0.4 is 5.32 Å². The lowest BCUT2D eigenvalue weighted by Crippen LogP contribution is -2.49. The van der Waals surface area contributed by atoms with Gasteiger partial charge in [-0.05, 0) is 49.7 Å². The monoisotopic (exact) mass is 412 g/mol. The van der Waals surface area contributed by atoms with Gasteiger partial charge in [0.2, 0.25) is 5.91 Å². The molecule has 2 fully saturated rings.